The summed E-state index contributed by atoms with van der Waals surface area (Å²) < 4.78 is 11.4. The third kappa shape index (κ3) is 2.87. The van der Waals surface area contributed by atoms with E-state index < -0.39 is 5.97 Å². The Bertz CT molecular complexity index is 679. The number of oxazole rings is 1. The number of benzene rings is 1. The fourth-order valence-electron chi connectivity index (χ4n) is 2.77. The summed E-state index contributed by atoms with van der Waals surface area (Å²) in [5.74, 6) is -0.998. The Morgan fingerprint density at radius 2 is 2.27 bits per heavy atom. The van der Waals surface area contributed by atoms with E-state index in [4.69, 9.17) is 9.15 Å². The van der Waals surface area contributed by atoms with Gasteiger partial charge in [-0.15, -0.1) is 0 Å². The van der Waals surface area contributed by atoms with Crippen molar-refractivity contribution in [3.05, 3.63) is 23.8 Å². The zero-order chi connectivity index (χ0) is 15.0. The van der Waals surface area contributed by atoms with Crippen LogP contribution in [0.5, 0.6) is 0 Å². The van der Waals surface area contributed by atoms with Gasteiger partial charge in [0.05, 0.1) is 30.9 Å². The molecule has 2 heterocycles. The van der Waals surface area contributed by atoms with Crippen LogP contribution in [0.1, 0.15) is 32.1 Å². The van der Waals surface area contributed by atoms with Crippen LogP contribution in [0.4, 0.5) is 6.01 Å². The normalized spacial score (nSPS) is 21.6. The fraction of sp³-hybridized carbons (Fsp3) is 0.467. The number of hydrogen-bond acceptors (Lipinski definition) is 5. The van der Waals surface area contributed by atoms with E-state index in [1.807, 2.05) is 0 Å². The van der Waals surface area contributed by atoms with Crippen molar-refractivity contribution in [3.8, 4) is 0 Å². The maximum absolute atomic E-state index is 11.3. The minimum Gasteiger partial charge on any atom is -1.00 e. The van der Waals surface area contributed by atoms with E-state index >= 15 is 0 Å². The first-order valence-electron chi connectivity index (χ1n) is 7.10. The fourth-order valence-corrected chi connectivity index (χ4v) is 2.77. The Balaban J connectivity index is 0.00000132. The van der Waals surface area contributed by atoms with Crippen LogP contribution in [0.2, 0.25) is 0 Å². The number of hydrogen-bond donors (Lipinski definition) is 1. The Morgan fingerprint density at radius 3 is 2.95 bits per heavy atom. The van der Waals surface area contributed by atoms with E-state index in [9.17, 15) is 9.90 Å². The zero-order valence-electron chi connectivity index (χ0n) is 14.1. The molecule has 114 valence electrons. The van der Waals surface area contributed by atoms with Gasteiger partial charge in [-0.3, -0.25) is 0 Å². The predicted octanol–water partition coefficient (Wildman–Crippen LogP) is -0.354. The summed E-state index contributed by atoms with van der Waals surface area (Å²) in [7, 11) is 0. The standard InChI is InChI=1S/C15H18N2O4.Li.H/c1-3-10-8-20-7-9(2)17(10)15-16-13-11(14(18)19)5-4-6-12(13)21-15;;/h4-6,9-10H,3,7-8H2,1-2H3,(H,18,19);;/q;+1;-1/t9-,10-;;/m0../s1. The number of aromatic nitrogens is 1. The molecule has 0 saturated carbocycles. The van der Waals surface area contributed by atoms with Gasteiger partial charge in [-0.2, -0.15) is 4.98 Å². The second-order valence-corrected chi connectivity index (χ2v) is 5.31. The van der Waals surface area contributed by atoms with Crippen molar-refractivity contribution < 1.29 is 39.3 Å². The molecule has 1 aromatic heterocycles. The van der Waals surface area contributed by atoms with Crippen LogP contribution in [0.25, 0.3) is 11.1 Å². The molecule has 6 nitrogen and oxygen atoms in total. The van der Waals surface area contributed by atoms with Gasteiger partial charge < -0.3 is 20.6 Å². The third-order valence-corrected chi connectivity index (χ3v) is 3.87. The van der Waals surface area contributed by atoms with Crippen molar-refractivity contribution >= 4 is 23.1 Å². The van der Waals surface area contributed by atoms with E-state index in [2.05, 4.69) is 23.7 Å². The van der Waals surface area contributed by atoms with Crippen LogP contribution in [-0.4, -0.2) is 41.4 Å². The molecule has 1 saturated heterocycles. The van der Waals surface area contributed by atoms with Crippen molar-refractivity contribution in [1.82, 2.24) is 4.98 Å². The summed E-state index contributed by atoms with van der Waals surface area (Å²) in [6.45, 7) is 5.38. The number of nitrogens with zero attached hydrogens (tertiary/aromatic N) is 2. The largest absolute Gasteiger partial charge is 1.00 e. The van der Waals surface area contributed by atoms with Gasteiger partial charge in [-0.05, 0) is 25.5 Å². The average molecular weight is 298 g/mol. The van der Waals surface area contributed by atoms with E-state index in [-0.39, 0.29) is 37.9 Å². The average Bonchev–Trinajstić information content (AvgIpc) is 2.89. The molecule has 1 N–H and O–H groups in total. The number of aromatic carboxylic acids is 1. The summed E-state index contributed by atoms with van der Waals surface area (Å²) in [6.07, 6.45) is 0.912. The van der Waals surface area contributed by atoms with Crippen LogP contribution in [-0.2, 0) is 4.74 Å². The maximum Gasteiger partial charge on any atom is 1.00 e. The van der Waals surface area contributed by atoms with Gasteiger partial charge in [-0.1, -0.05) is 13.0 Å². The minimum atomic E-state index is -0.998. The number of carboxylic acids is 1. The molecule has 1 aliphatic heterocycles. The van der Waals surface area contributed by atoms with Gasteiger partial charge in [0.1, 0.15) is 5.52 Å². The van der Waals surface area contributed by atoms with Crippen LogP contribution in [0.15, 0.2) is 22.6 Å². The first kappa shape index (κ1) is 16.9. The Labute approximate surface area is 142 Å². The predicted molar refractivity (Wildman–Crippen MR) is 78.9 cm³/mol. The molecule has 0 bridgehead atoms. The topological polar surface area (TPSA) is 75.8 Å². The molecule has 0 aliphatic carbocycles. The first-order chi connectivity index (χ1) is 10.1. The molecular formula is C15H19LiN2O4. The van der Waals surface area contributed by atoms with Crippen molar-refractivity contribution in [2.45, 2.75) is 32.4 Å². The summed E-state index contributed by atoms with van der Waals surface area (Å²) >= 11 is 0. The maximum atomic E-state index is 11.3. The van der Waals surface area contributed by atoms with Gasteiger partial charge in [0.15, 0.2) is 5.58 Å². The van der Waals surface area contributed by atoms with Crippen molar-refractivity contribution in [3.63, 3.8) is 0 Å². The summed E-state index contributed by atoms with van der Waals surface area (Å²) in [5, 5.41) is 9.24. The van der Waals surface area contributed by atoms with Crippen molar-refractivity contribution in [2.24, 2.45) is 0 Å². The summed E-state index contributed by atoms with van der Waals surface area (Å²) in [5.41, 5.74) is 1.06. The first-order valence-corrected chi connectivity index (χ1v) is 7.10. The second-order valence-electron chi connectivity index (χ2n) is 5.31. The molecule has 1 aromatic carbocycles. The van der Waals surface area contributed by atoms with E-state index in [1.165, 1.54) is 6.07 Å². The molecule has 0 amide bonds. The number of fused-ring (bicyclic) bond motifs is 1. The molecule has 0 radical (unpaired) electrons. The molecule has 0 spiro atoms. The minimum absolute atomic E-state index is 0. The number of carbonyl (C=O) groups is 1. The quantitative estimate of drug-likeness (QED) is 0.780. The SMILES string of the molecule is CC[C@H]1COC[C@H](C)N1c1nc2c(C(=O)O)cccc2o1.[H-].[Li+]. The molecule has 0 unspecified atom stereocenters. The molecule has 7 heteroatoms. The number of carboxylic acid groups (broad SMARTS) is 1. The van der Waals surface area contributed by atoms with E-state index in [0.29, 0.717) is 30.3 Å². The Kier molecular flexibility index (Phi) is 5.17. The molecule has 22 heavy (non-hydrogen) atoms. The smallest absolute Gasteiger partial charge is 1.00 e. The number of ether oxygens (including phenoxy) is 1. The van der Waals surface area contributed by atoms with E-state index in [0.717, 1.165) is 6.42 Å². The van der Waals surface area contributed by atoms with Crippen LogP contribution in [0, 0.1) is 0 Å². The molecule has 2 atom stereocenters. The Morgan fingerprint density at radius 1 is 1.50 bits per heavy atom. The van der Waals surface area contributed by atoms with Gasteiger partial charge >= 0.3 is 24.8 Å². The van der Waals surface area contributed by atoms with Crippen molar-refractivity contribution in [2.75, 3.05) is 18.1 Å². The van der Waals surface area contributed by atoms with Gasteiger partial charge in [-0.25, -0.2) is 4.79 Å². The number of morpholine rings is 1. The molecule has 2 aromatic rings. The van der Waals surface area contributed by atoms with Crippen LogP contribution >= 0.6 is 0 Å². The number of rotatable bonds is 3. The van der Waals surface area contributed by atoms with Gasteiger partial charge in [0.25, 0.3) is 6.01 Å². The number of anilines is 1. The summed E-state index contributed by atoms with van der Waals surface area (Å²) in [4.78, 5) is 17.8. The molecule has 1 aliphatic rings. The zero-order valence-corrected chi connectivity index (χ0v) is 13.1. The molecule has 1 fully saturated rings. The van der Waals surface area contributed by atoms with Gasteiger partial charge in [0.2, 0.25) is 0 Å². The summed E-state index contributed by atoms with van der Waals surface area (Å²) in [6, 6.07) is 5.75. The van der Waals surface area contributed by atoms with Crippen molar-refractivity contribution in [1.29, 1.82) is 0 Å². The molecule has 3 rings (SSSR count). The Hall–Kier alpha value is -1.48. The third-order valence-electron chi connectivity index (χ3n) is 3.87. The van der Waals surface area contributed by atoms with Gasteiger partial charge in [0, 0.05) is 0 Å². The second kappa shape index (κ2) is 6.74. The van der Waals surface area contributed by atoms with Crippen LogP contribution < -0.4 is 23.8 Å². The monoisotopic (exact) mass is 298 g/mol. The number of para-hydroxylation sites is 1. The molecular weight excluding hydrogens is 279 g/mol. The van der Waals surface area contributed by atoms with E-state index in [1.54, 1.807) is 12.1 Å². The van der Waals surface area contributed by atoms with Crippen LogP contribution in [0.3, 0.4) is 0 Å².